The van der Waals surface area contributed by atoms with Crippen molar-refractivity contribution in [2.75, 3.05) is 26.0 Å². The van der Waals surface area contributed by atoms with E-state index in [1.165, 1.54) is 18.9 Å². The molecule has 0 radical (unpaired) electrons. The minimum absolute atomic E-state index is 0.0906. The van der Waals surface area contributed by atoms with Crippen LogP contribution in [0.4, 0.5) is 0 Å². The molecule has 0 unspecified atom stereocenters. The summed E-state index contributed by atoms with van der Waals surface area (Å²) in [5, 5.41) is 11.9. The average Bonchev–Trinajstić information content (AvgIpc) is 3.14. The Balaban J connectivity index is 0. The zero-order valence-corrected chi connectivity index (χ0v) is 18.1. The second-order valence-corrected chi connectivity index (χ2v) is 6.66. The Bertz CT molecular complexity index is 522. The third-order valence-corrected chi connectivity index (χ3v) is 4.11. The third kappa shape index (κ3) is 15.0. The van der Waals surface area contributed by atoms with Crippen LogP contribution < -0.4 is 5.32 Å². The predicted octanol–water partition coefficient (Wildman–Crippen LogP) is 4.02. The van der Waals surface area contributed by atoms with E-state index in [-0.39, 0.29) is 12.6 Å². The van der Waals surface area contributed by atoms with Gasteiger partial charge in [0.15, 0.2) is 0 Å². The fraction of sp³-hybridized carbons (Fsp3) is 0.524. The van der Waals surface area contributed by atoms with Gasteiger partial charge in [-0.3, -0.25) is 0 Å². The lowest BCUT2D eigenvalue weighted by Gasteiger charge is -2.07. The standard InChI is InChI=1S/C14H19NO3S.C5H10O.C2H6/c1-3-4-12(15-7-8-16)6-5-11-9-13(19-10-11)14(17)18-2;1-5(2)3-4-6;1-2/h3-5,9,15-16H,1,6-8,10H2,2H3;4-5H,3H2,1-2H3;1-2H3/b11-5-,12-4+;;. The number of aldehydes is 1. The van der Waals surface area contributed by atoms with Gasteiger partial charge < -0.3 is 20.0 Å². The molecular formula is C21H35NO4S. The van der Waals surface area contributed by atoms with Crippen LogP contribution in [-0.4, -0.2) is 43.4 Å². The maximum absolute atomic E-state index is 11.3. The second kappa shape index (κ2) is 19.0. The molecule has 1 aliphatic heterocycles. The minimum atomic E-state index is -0.284. The van der Waals surface area contributed by atoms with Crippen molar-refractivity contribution in [2.24, 2.45) is 5.92 Å². The highest BCUT2D eigenvalue weighted by molar-refractivity contribution is 8.04. The summed E-state index contributed by atoms with van der Waals surface area (Å²) in [4.78, 5) is 21.6. The Labute approximate surface area is 168 Å². The second-order valence-electron chi connectivity index (χ2n) is 5.65. The average molecular weight is 398 g/mol. The summed E-state index contributed by atoms with van der Waals surface area (Å²) in [6, 6.07) is 0. The lowest BCUT2D eigenvalue weighted by atomic mass is 10.2. The van der Waals surface area contributed by atoms with Crippen molar-refractivity contribution in [3.05, 3.63) is 47.1 Å². The largest absolute Gasteiger partial charge is 0.465 e. The monoisotopic (exact) mass is 397 g/mol. The molecule has 0 atom stereocenters. The Morgan fingerprint density at radius 3 is 2.56 bits per heavy atom. The molecule has 0 spiro atoms. The fourth-order valence-electron chi connectivity index (χ4n) is 1.74. The van der Waals surface area contributed by atoms with E-state index in [4.69, 9.17) is 5.11 Å². The molecule has 0 saturated heterocycles. The number of hydrogen-bond acceptors (Lipinski definition) is 6. The molecule has 154 valence electrons. The number of methoxy groups -OCH3 is 1. The van der Waals surface area contributed by atoms with Crippen molar-refractivity contribution in [1.82, 2.24) is 5.32 Å². The summed E-state index contributed by atoms with van der Waals surface area (Å²) in [6.07, 6.45) is 9.85. The van der Waals surface area contributed by atoms with E-state index in [1.807, 2.05) is 39.8 Å². The predicted molar refractivity (Wildman–Crippen MR) is 115 cm³/mol. The van der Waals surface area contributed by atoms with Gasteiger partial charge in [0.1, 0.15) is 6.29 Å². The summed E-state index contributed by atoms with van der Waals surface area (Å²) in [6.45, 7) is 12.3. The van der Waals surface area contributed by atoms with Crippen LogP contribution in [0.3, 0.4) is 0 Å². The molecule has 0 aromatic carbocycles. The highest BCUT2D eigenvalue weighted by Gasteiger charge is 2.17. The molecule has 0 fully saturated rings. The highest BCUT2D eigenvalue weighted by atomic mass is 32.2. The Hall–Kier alpha value is -1.79. The molecule has 0 saturated carbocycles. The molecule has 1 heterocycles. The van der Waals surface area contributed by atoms with E-state index >= 15 is 0 Å². The maximum atomic E-state index is 11.3. The van der Waals surface area contributed by atoms with Crippen LogP contribution in [0.1, 0.15) is 40.5 Å². The first-order valence-electron chi connectivity index (χ1n) is 9.20. The van der Waals surface area contributed by atoms with Crippen LogP contribution in [0.2, 0.25) is 0 Å². The molecule has 0 aromatic rings. The number of carbonyl (C=O) groups excluding carboxylic acids is 2. The van der Waals surface area contributed by atoms with Crippen molar-refractivity contribution in [1.29, 1.82) is 0 Å². The first kappa shape index (κ1) is 27.4. The van der Waals surface area contributed by atoms with Gasteiger partial charge in [-0.25, -0.2) is 4.79 Å². The van der Waals surface area contributed by atoms with E-state index < -0.39 is 0 Å². The van der Waals surface area contributed by atoms with Gasteiger partial charge in [0.2, 0.25) is 0 Å². The van der Waals surface area contributed by atoms with Crippen molar-refractivity contribution >= 4 is 24.0 Å². The number of ether oxygens (including phenoxy) is 1. The minimum Gasteiger partial charge on any atom is -0.465 e. The molecule has 27 heavy (non-hydrogen) atoms. The molecular weight excluding hydrogens is 362 g/mol. The molecule has 0 aliphatic carbocycles. The zero-order chi connectivity index (χ0) is 21.1. The maximum Gasteiger partial charge on any atom is 0.344 e. The van der Waals surface area contributed by atoms with E-state index in [0.29, 0.717) is 30.2 Å². The molecule has 2 N–H and O–H groups in total. The summed E-state index contributed by atoms with van der Waals surface area (Å²) in [5.74, 6) is 1.03. The van der Waals surface area contributed by atoms with Crippen molar-refractivity contribution in [3.63, 3.8) is 0 Å². The first-order chi connectivity index (χ1) is 13.0. The normalized spacial score (nSPS) is 14.4. The van der Waals surface area contributed by atoms with Gasteiger partial charge in [0, 0.05) is 30.8 Å². The van der Waals surface area contributed by atoms with Crippen molar-refractivity contribution in [2.45, 2.75) is 40.5 Å². The molecule has 0 amide bonds. The quantitative estimate of drug-likeness (QED) is 0.348. The summed E-state index contributed by atoms with van der Waals surface area (Å²) in [7, 11) is 1.38. The van der Waals surface area contributed by atoms with Crippen LogP contribution in [0.25, 0.3) is 0 Å². The van der Waals surface area contributed by atoms with Crippen LogP contribution in [0, 0.1) is 5.92 Å². The Morgan fingerprint density at radius 2 is 2.11 bits per heavy atom. The lowest BCUT2D eigenvalue weighted by molar-refractivity contribution is -0.135. The fourth-order valence-corrected chi connectivity index (χ4v) is 2.70. The summed E-state index contributed by atoms with van der Waals surface area (Å²) < 4.78 is 4.68. The van der Waals surface area contributed by atoms with Gasteiger partial charge in [-0.15, -0.1) is 11.8 Å². The van der Waals surface area contributed by atoms with E-state index in [2.05, 4.69) is 22.7 Å². The number of allylic oxidation sites excluding steroid dienone is 4. The smallest absolute Gasteiger partial charge is 0.344 e. The zero-order valence-electron chi connectivity index (χ0n) is 17.3. The van der Waals surface area contributed by atoms with E-state index in [9.17, 15) is 9.59 Å². The van der Waals surface area contributed by atoms with Crippen LogP contribution >= 0.6 is 11.8 Å². The van der Waals surface area contributed by atoms with Crippen molar-refractivity contribution < 1.29 is 19.4 Å². The van der Waals surface area contributed by atoms with Gasteiger partial charge in [-0.05, 0) is 23.6 Å². The molecule has 0 bridgehead atoms. The van der Waals surface area contributed by atoms with Gasteiger partial charge in [-0.2, -0.15) is 0 Å². The number of aliphatic hydroxyl groups excluding tert-OH is 1. The Kier molecular flexibility index (Phi) is 19.3. The summed E-state index contributed by atoms with van der Waals surface area (Å²) in [5.41, 5.74) is 2.09. The summed E-state index contributed by atoms with van der Waals surface area (Å²) >= 11 is 1.48. The van der Waals surface area contributed by atoms with E-state index in [0.717, 1.165) is 23.3 Å². The number of carbonyl (C=O) groups is 2. The molecule has 5 nitrogen and oxygen atoms in total. The third-order valence-electron chi connectivity index (χ3n) is 3.03. The number of hydrogen-bond donors (Lipinski definition) is 2. The molecule has 1 rings (SSSR count). The van der Waals surface area contributed by atoms with Gasteiger partial charge in [0.25, 0.3) is 0 Å². The number of esters is 1. The van der Waals surface area contributed by atoms with Crippen LogP contribution in [0.5, 0.6) is 0 Å². The SMILES string of the molecule is C=C/C=C(\C/C=C1/C=C(C(=O)OC)SC1)NCCO.CC.CC(C)CC=O. The van der Waals surface area contributed by atoms with Crippen LogP contribution in [0.15, 0.2) is 47.1 Å². The van der Waals surface area contributed by atoms with E-state index in [1.54, 1.807) is 6.08 Å². The van der Waals surface area contributed by atoms with Gasteiger partial charge in [-0.1, -0.05) is 46.4 Å². The molecule has 6 heteroatoms. The number of rotatable bonds is 9. The van der Waals surface area contributed by atoms with Crippen LogP contribution in [-0.2, 0) is 14.3 Å². The lowest BCUT2D eigenvalue weighted by Crippen LogP contribution is -2.17. The van der Waals surface area contributed by atoms with Crippen molar-refractivity contribution in [3.8, 4) is 0 Å². The molecule has 1 aliphatic rings. The molecule has 0 aromatic heterocycles. The number of aliphatic hydroxyl groups is 1. The first-order valence-corrected chi connectivity index (χ1v) is 10.2. The van der Waals surface area contributed by atoms with Gasteiger partial charge in [0.05, 0.1) is 18.6 Å². The number of nitrogens with one attached hydrogen (secondary N) is 1. The Morgan fingerprint density at radius 1 is 1.44 bits per heavy atom. The topological polar surface area (TPSA) is 75.6 Å². The number of thioether (sulfide) groups is 1. The van der Waals surface area contributed by atoms with Gasteiger partial charge >= 0.3 is 5.97 Å². The highest BCUT2D eigenvalue weighted by Crippen LogP contribution is 2.29.